The highest BCUT2D eigenvalue weighted by molar-refractivity contribution is 5.65. The minimum atomic E-state index is -2.17. The lowest BCUT2D eigenvalue weighted by Gasteiger charge is -2.49. The number of rotatable bonds is 14. The van der Waals surface area contributed by atoms with Gasteiger partial charge < -0.3 is 28.8 Å². The van der Waals surface area contributed by atoms with Gasteiger partial charge in [0.1, 0.15) is 23.9 Å². The molecule has 0 aromatic heterocycles. The van der Waals surface area contributed by atoms with E-state index < -0.39 is 35.8 Å². The summed E-state index contributed by atoms with van der Waals surface area (Å²) in [6, 6.07) is 48.8. The molecule has 0 saturated carbocycles. The summed E-state index contributed by atoms with van der Waals surface area (Å²) >= 11 is 0. The van der Waals surface area contributed by atoms with Crippen LogP contribution in [0, 0.1) is 0 Å². The van der Waals surface area contributed by atoms with Gasteiger partial charge in [-0.3, -0.25) is 4.79 Å². The van der Waals surface area contributed by atoms with Crippen LogP contribution in [0.15, 0.2) is 152 Å². The molecule has 1 fully saturated rings. The minimum Gasteiger partial charge on any atom is -0.377 e. The quantitative estimate of drug-likeness (QED) is 0.110. The summed E-state index contributed by atoms with van der Waals surface area (Å²) in [5.41, 5.74) is 1.12. The molecule has 0 spiro atoms. The van der Waals surface area contributed by atoms with E-state index in [1.54, 1.807) is 0 Å². The Kier molecular flexibility index (Phi) is 10.9. The van der Waals surface area contributed by atoms with E-state index in [2.05, 4.69) is 0 Å². The highest BCUT2D eigenvalue weighted by atomic mass is 16.7. The van der Waals surface area contributed by atoms with E-state index in [1.165, 1.54) is 7.11 Å². The molecular formula is C41H40O7. The van der Waals surface area contributed by atoms with Crippen molar-refractivity contribution in [3.8, 4) is 0 Å². The van der Waals surface area contributed by atoms with Crippen LogP contribution >= 0.6 is 0 Å². The lowest BCUT2D eigenvalue weighted by molar-refractivity contribution is -0.335. The fourth-order valence-corrected chi connectivity index (χ4v) is 6.33. The van der Waals surface area contributed by atoms with Crippen molar-refractivity contribution in [2.24, 2.45) is 0 Å². The molecule has 6 rings (SSSR count). The number of carbonyl (C=O) groups excluding carboxylic acids is 1. The van der Waals surface area contributed by atoms with Crippen LogP contribution < -0.4 is 0 Å². The van der Waals surface area contributed by atoms with Gasteiger partial charge in [-0.2, -0.15) is 0 Å². The number of hydrogen-bond acceptors (Lipinski definition) is 7. The summed E-state index contributed by atoms with van der Waals surface area (Å²) < 4.78 is 32.0. The summed E-state index contributed by atoms with van der Waals surface area (Å²) in [5, 5.41) is 12.3. The standard InChI is InChI=1S/C41H40O7/c1-44-39-37(45-27-31-17-7-2-8-18-31)38(46-28-32-19-9-3-10-20-32)40(43,30-42)36(48-39)29-47-41(33-21-11-4-12-22-33,34-23-13-5-14-24-34)35-25-15-6-16-26-35/h2-26,30,36-39,43H,27-29H2,1H3/t36-,37-,38-,39+,40-/m1/s1. The molecule has 5 aromatic carbocycles. The van der Waals surface area contributed by atoms with Gasteiger partial charge in [0, 0.05) is 7.11 Å². The molecule has 1 aliphatic heterocycles. The molecule has 0 amide bonds. The Hall–Kier alpha value is -4.47. The van der Waals surface area contributed by atoms with Crippen molar-refractivity contribution < 1.29 is 33.6 Å². The van der Waals surface area contributed by atoms with Crippen molar-refractivity contribution in [1.29, 1.82) is 0 Å². The van der Waals surface area contributed by atoms with Crippen molar-refractivity contribution >= 4 is 6.29 Å². The minimum absolute atomic E-state index is 0.124. The van der Waals surface area contributed by atoms with Crippen LogP contribution in [-0.4, -0.2) is 55.3 Å². The maximum Gasteiger partial charge on any atom is 0.186 e. The first-order chi connectivity index (χ1) is 23.6. The highest BCUT2D eigenvalue weighted by Gasteiger charge is 2.58. The Balaban J connectivity index is 1.38. The number of carbonyl (C=O) groups is 1. The van der Waals surface area contributed by atoms with Crippen LogP contribution in [0.1, 0.15) is 27.8 Å². The van der Waals surface area contributed by atoms with Crippen LogP contribution in [0.2, 0.25) is 0 Å². The third-order valence-electron chi connectivity index (χ3n) is 8.81. The normalized spacial score (nSPS) is 22.6. The molecule has 5 atom stereocenters. The number of ether oxygens (including phenoxy) is 5. The second-order valence-electron chi connectivity index (χ2n) is 11.8. The predicted molar refractivity (Wildman–Crippen MR) is 182 cm³/mol. The van der Waals surface area contributed by atoms with Crippen molar-refractivity contribution in [3.63, 3.8) is 0 Å². The van der Waals surface area contributed by atoms with Gasteiger partial charge in [-0.05, 0) is 27.8 Å². The molecule has 0 bridgehead atoms. The monoisotopic (exact) mass is 644 g/mol. The van der Waals surface area contributed by atoms with Crippen LogP contribution in [0.25, 0.3) is 0 Å². The second-order valence-corrected chi connectivity index (χ2v) is 11.8. The molecular weight excluding hydrogens is 604 g/mol. The Bertz CT molecular complexity index is 1590. The number of hydrogen-bond donors (Lipinski definition) is 1. The van der Waals surface area contributed by atoms with Gasteiger partial charge in [-0.1, -0.05) is 152 Å². The summed E-state index contributed by atoms with van der Waals surface area (Å²) in [6.45, 7) is 0.123. The zero-order valence-corrected chi connectivity index (χ0v) is 26.8. The third kappa shape index (κ3) is 7.03. The van der Waals surface area contributed by atoms with Gasteiger partial charge in [0.25, 0.3) is 0 Å². The molecule has 1 N–H and O–H groups in total. The van der Waals surface area contributed by atoms with Gasteiger partial charge >= 0.3 is 0 Å². The van der Waals surface area contributed by atoms with Crippen LogP contribution in [0.4, 0.5) is 0 Å². The molecule has 0 aliphatic carbocycles. The fraction of sp³-hybridized carbons (Fsp3) is 0.244. The topological polar surface area (TPSA) is 83.5 Å². The average molecular weight is 645 g/mol. The number of methoxy groups -OCH3 is 1. The van der Waals surface area contributed by atoms with Gasteiger partial charge in [-0.15, -0.1) is 0 Å². The van der Waals surface area contributed by atoms with E-state index in [1.807, 2.05) is 152 Å². The molecule has 7 nitrogen and oxygen atoms in total. The summed E-state index contributed by atoms with van der Waals surface area (Å²) in [5.74, 6) is 0. The molecule has 246 valence electrons. The fourth-order valence-electron chi connectivity index (χ4n) is 6.33. The summed E-state index contributed by atoms with van der Waals surface area (Å²) in [6.07, 6.45) is -3.80. The average Bonchev–Trinajstić information content (AvgIpc) is 3.16. The SMILES string of the molecule is CO[C@H]1O[C@H](COC(c2ccccc2)(c2ccccc2)c2ccccc2)[C@](O)(C=O)[C@H](OCc2ccccc2)[C@H]1OCc1ccccc1. The predicted octanol–water partition coefficient (Wildman–Crippen LogP) is 6.47. The van der Waals surface area contributed by atoms with Crippen molar-refractivity contribution in [2.75, 3.05) is 13.7 Å². The summed E-state index contributed by atoms with van der Waals surface area (Å²) in [7, 11) is 1.50. The first-order valence-corrected chi connectivity index (χ1v) is 16.1. The maximum atomic E-state index is 13.1. The Labute approximate surface area is 281 Å². The van der Waals surface area contributed by atoms with Crippen LogP contribution in [-0.2, 0) is 47.3 Å². The smallest absolute Gasteiger partial charge is 0.186 e. The zero-order valence-electron chi connectivity index (χ0n) is 26.8. The van der Waals surface area contributed by atoms with Crippen molar-refractivity contribution in [1.82, 2.24) is 0 Å². The summed E-state index contributed by atoms with van der Waals surface area (Å²) in [4.78, 5) is 13.1. The molecule has 0 radical (unpaired) electrons. The van der Waals surface area contributed by atoms with Gasteiger partial charge in [0.15, 0.2) is 18.2 Å². The van der Waals surface area contributed by atoms with E-state index >= 15 is 0 Å². The van der Waals surface area contributed by atoms with Gasteiger partial charge in [0.05, 0.1) is 19.8 Å². The Morgan fingerprint density at radius 2 is 1.08 bits per heavy atom. The molecule has 1 saturated heterocycles. The molecule has 1 aliphatic rings. The van der Waals surface area contributed by atoms with E-state index in [0.29, 0.717) is 6.29 Å². The van der Waals surface area contributed by atoms with Gasteiger partial charge in [0.2, 0.25) is 0 Å². The lowest BCUT2D eigenvalue weighted by Crippen LogP contribution is -2.69. The second kappa shape index (κ2) is 15.6. The number of aldehydes is 1. The van der Waals surface area contributed by atoms with Crippen LogP contribution in [0.5, 0.6) is 0 Å². The molecule has 0 unspecified atom stereocenters. The first kappa shape index (κ1) is 33.4. The maximum absolute atomic E-state index is 13.1. The van der Waals surface area contributed by atoms with E-state index in [0.717, 1.165) is 27.8 Å². The largest absolute Gasteiger partial charge is 0.377 e. The third-order valence-corrected chi connectivity index (χ3v) is 8.81. The number of aliphatic hydroxyl groups is 1. The van der Waals surface area contributed by atoms with Crippen LogP contribution in [0.3, 0.4) is 0 Å². The highest BCUT2D eigenvalue weighted by Crippen LogP contribution is 2.42. The zero-order chi connectivity index (χ0) is 33.2. The molecule has 7 heteroatoms. The van der Waals surface area contributed by atoms with E-state index in [-0.39, 0.29) is 19.8 Å². The molecule has 48 heavy (non-hydrogen) atoms. The molecule has 1 heterocycles. The Morgan fingerprint density at radius 1 is 0.667 bits per heavy atom. The lowest BCUT2D eigenvalue weighted by atomic mass is 9.79. The van der Waals surface area contributed by atoms with Crippen molar-refractivity contribution in [2.45, 2.75) is 49.0 Å². The first-order valence-electron chi connectivity index (χ1n) is 16.1. The Morgan fingerprint density at radius 3 is 1.50 bits per heavy atom. The van der Waals surface area contributed by atoms with E-state index in [9.17, 15) is 9.90 Å². The molecule has 5 aromatic rings. The number of benzene rings is 5. The van der Waals surface area contributed by atoms with E-state index in [4.69, 9.17) is 23.7 Å². The van der Waals surface area contributed by atoms with Crippen molar-refractivity contribution in [3.05, 3.63) is 179 Å². The van der Waals surface area contributed by atoms with Gasteiger partial charge in [-0.25, -0.2) is 0 Å².